The van der Waals surface area contributed by atoms with E-state index in [0.717, 1.165) is 0 Å². The van der Waals surface area contributed by atoms with Crippen LogP contribution < -0.4 is 10.5 Å². The largest absolute Gasteiger partial charge is 0.489 e. The lowest BCUT2D eigenvalue weighted by atomic mass is 9.89. The van der Waals surface area contributed by atoms with Gasteiger partial charge in [0.2, 0.25) is 0 Å². The summed E-state index contributed by atoms with van der Waals surface area (Å²) < 4.78 is 18.4. The van der Waals surface area contributed by atoms with Gasteiger partial charge in [0.1, 0.15) is 17.7 Å². The van der Waals surface area contributed by atoms with Crippen molar-refractivity contribution in [1.29, 1.82) is 0 Å². The summed E-state index contributed by atoms with van der Waals surface area (Å²) in [6.45, 7) is 6.64. The molecule has 0 amide bonds. The molecule has 0 heterocycles. The molecule has 0 radical (unpaired) electrons. The van der Waals surface area contributed by atoms with E-state index >= 15 is 0 Å². The molecule has 1 atom stereocenters. The topological polar surface area (TPSA) is 35.2 Å². The Morgan fingerprint density at radius 1 is 1.27 bits per heavy atom. The molecular weight excluding hydrogens is 193 g/mol. The van der Waals surface area contributed by atoms with Gasteiger partial charge in [0.15, 0.2) is 0 Å². The van der Waals surface area contributed by atoms with E-state index in [9.17, 15) is 4.39 Å². The van der Waals surface area contributed by atoms with Crippen molar-refractivity contribution in [2.24, 2.45) is 11.1 Å². The smallest absolute Gasteiger partial charge is 0.123 e. The van der Waals surface area contributed by atoms with E-state index < -0.39 is 0 Å². The molecule has 0 bridgehead atoms. The predicted octanol–water partition coefficient (Wildman–Crippen LogP) is 2.58. The summed E-state index contributed by atoms with van der Waals surface area (Å²) in [4.78, 5) is 0. The number of hydrogen-bond acceptors (Lipinski definition) is 2. The molecule has 0 saturated carbocycles. The molecule has 0 aliphatic carbocycles. The first kappa shape index (κ1) is 12.0. The molecule has 0 unspecified atom stereocenters. The average molecular weight is 211 g/mol. The van der Waals surface area contributed by atoms with Gasteiger partial charge in [0.25, 0.3) is 0 Å². The van der Waals surface area contributed by atoms with Crippen molar-refractivity contribution >= 4 is 0 Å². The lowest BCUT2D eigenvalue weighted by Gasteiger charge is -2.30. The zero-order chi connectivity index (χ0) is 11.5. The fraction of sp³-hybridized carbons (Fsp3) is 0.500. The number of halogens is 1. The standard InChI is InChI=1S/C12H18FNO/c1-12(2,3)11(8-14)15-10-6-4-9(13)5-7-10/h4-7,11H,8,14H2,1-3H3/t11-/m1/s1. The van der Waals surface area contributed by atoms with Crippen molar-refractivity contribution < 1.29 is 9.13 Å². The number of benzene rings is 1. The highest BCUT2D eigenvalue weighted by Gasteiger charge is 2.24. The molecule has 84 valence electrons. The molecule has 1 aromatic carbocycles. The van der Waals surface area contributed by atoms with E-state index in [1.807, 2.05) is 0 Å². The Hall–Kier alpha value is -1.09. The molecule has 0 fully saturated rings. The van der Waals surface area contributed by atoms with Gasteiger partial charge in [-0.3, -0.25) is 0 Å². The van der Waals surface area contributed by atoms with E-state index in [1.165, 1.54) is 12.1 Å². The monoisotopic (exact) mass is 211 g/mol. The third-order valence-corrected chi connectivity index (χ3v) is 2.27. The van der Waals surface area contributed by atoms with E-state index in [0.29, 0.717) is 12.3 Å². The molecule has 0 aliphatic rings. The van der Waals surface area contributed by atoms with Crippen LogP contribution in [-0.2, 0) is 0 Å². The first-order valence-corrected chi connectivity index (χ1v) is 5.06. The van der Waals surface area contributed by atoms with Crippen molar-refractivity contribution in [3.05, 3.63) is 30.1 Å². The Bertz CT molecular complexity index is 302. The van der Waals surface area contributed by atoms with Gasteiger partial charge in [0.05, 0.1) is 0 Å². The first-order chi connectivity index (χ1) is 6.93. The lowest BCUT2D eigenvalue weighted by molar-refractivity contribution is 0.0941. The van der Waals surface area contributed by atoms with Gasteiger partial charge in [-0.05, 0) is 24.3 Å². The normalized spacial score (nSPS) is 13.7. The van der Waals surface area contributed by atoms with Gasteiger partial charge in [0, 0.05) is 12.0 Å². The van der Waals surface area contributed by atoms with Crippen LogP contribution in [0.1, 0.15) is 20.8 Å². The zero-order valence-electron chi connectivity index (χ0n) is 9.46. The third kappa shape index (κ3) is 3.51. The zero-order valence-corrected chi connectivity index (χ0v) is 9.46. The molecule has 0 aromatic heterocycles. The van der Waals surface area contributed by atoms with E-state index in [2.05, 4.69) is 20.8 Å². The maximum Gasteiger partial charge on any atom is 0.123 e. The Kier molecular flexibility index (Phi) is 3.69. The quantitative estimate of drug-likeness (QED) is 0.834. The fourth-order valence-corrected chi connectivity index (χ4v) is 1.26. The number of ether oxygens (including phenoxy) is 1. The number of nitrogens with two attached hydrogens (primary N) is 1. The molecule has 15 heavy (non-hydrogen) atoms. The minimum Gasteiger partial charge on any atom is -0.489 e. The van der Waals surface area contributed by atoms with Gasteiger partial charge >= 0.3 is 0 Å². The molecule has 1 aromatic rings. The third-order valence-electron chi connectivity index (χ3n) is 2.27. The Labute approximate surface area is 90.2 Å². The molecular formula is C12H18FNO. The summed E-state index contributed by atoms with van der Waals surface area (Å²) >= 11 is 0. The Balaban J connectivity index is 2.71. The van der Waals surface area contributed by atoms with Crippen LogP contribution in [0.2, 0.25) is 0 Å². The van der Waals surface area contributed by atoms with Crippen molar-refractivity contribution in [1.82, 2.24) is 0 Å². The van der Waals surface area contributed by atoms with Crippen molar-refractivity contribution in [2.45, 2.75) is 26.9 Å². The Morgan fingerprint density at radius 2 is 1.80 bits per heavy atom. The lowest BCUT2D eigenvalue weighted by Crippen LogP contribution is -2.38. The second kappa shape index (κ2) is 4.62. The molecule has 2 nitrogen and oxygen atoms in total. The Morgan fingerprint density at radius 3 is 2.20 bits per heavy atom. The highest BCUT2D eigenvalue weighted by molar-refractivity contribution is 5.22. The SMILES string of the molecule is CC(C)(C)[C@@H](CN)Oc1ccc(F)cc1. The van der Waals surface area contributed by atoms with Gasteiger partial charge in [-0.1, -0.05) is 20.8 Å². The summed E-state index contributed by atoms with van der Waals surface area (Å²) in [5.74, 6) is 0.393. The molecule has 0 spiro atoms. The van der Waals surface area contributed by atoms with Crippen LogP contribution in [0.15, 0.2) is 24.3 Å². The van der Waals surface area contributed by atoms with Crippen LogP contribution >= 0.6 is 0 Å². The minimum atomic E-state index is -0.262. The van der Waals surface area contributed by atoms with Crippen LogP contribution in [0.3, 0.4) is 0 Å². The first-order valence-electron chi connectivity index (χ1n) is 5.06. The molecule has 3 heteroatoms. The van der Waals surface area contributed by atoms with E-state index in [-0.39, 0.29) is 17.3 Å². The van der Waals surface area contributed by atoms with Crippen molar-refractivity contribution in [3.63, 3.8) is 0 Å². The van der Waals surface area contributed by atoms with Gasteiger partial charge in [-0.15, -0.1) is 0 Å². The number of rotatable bonds is 3. The summed E-state index contributed by atoms with van der Waals surface area (Å²) in [6, 6.07) is 5.99. The maximum atomic E-state index is 12.7. The van der Waals surface area contributed by atoms with Crippen LogP contribution in [-0.4, -0.2) is 12.6 Å². The van der Waals surface area contributed by atoms with Crippen LogP contribution in [0, 0.1) is 11.2 Å². The minimum absolute atomic E-state index is 0.0247. The van der Waals surface area contributed by atoms with E-state index in [1.54, 1.807) is 12.1 Å². The maximum absolute atomic E-state index is 12.7. The van der Waals surface area contributed by atoms with Crippen molar-refractivity contribution in [2.75, 3.05) is 6.54 Å². The average Bonchev–Trinajstić information content (AvgIpc) is 2.15. The van der Waals surface area contributed by atoms with Gasteiger partial charge < -0.3 is 10.5 Å². The van der Waals surface area contributed by atoms with Crippen LogP contribution in [0.5, 0.6) is 5.75 Å². The second-order valence-electron chi connectivity index (χ2n) is 4.66. The molecule has 1 rings (SSSR count). The molecule has 2 N–H and O–H groups in total. The molecule has 0 aliphatic heterocycles. The summed E-state index contributed by atoms with van der Waals surface area (Å²) in [6.07, 6.45) is -0.0667. The summed E-state index contributed by atoms with van der Waals surface area (Å²) in [7, 11) is 0. The van der Waals surface area contributed by atoms with Crippen LogP contribution in [0.4, 0.5) is 4.39 Å². The van der Waals surface area contributed by atoms with Gasteiger partial charge in [-0.2, -0.15) is 0 Å². The summed E-state index contributed by atoms with van der Waals surface area (Å²) in [5, 5.41) is 0. The second-order valence-corrected chi connectivity index (χ2v) is 4.66. The van der Waals surface area contributed by atoms with Crippen LogP contribution in [0.25, 0.3) is 0 Å². The van der Waals surface area contributed by atoms with E-state index in [4.69, 9.17) is 10.5 Å². The molecule has 0 saturated heterocycles. The number of hydrogen-bond donors (Lipinski definition) is 1. The highest BCUT2D eigenvalue weighted by Crippen LogP contribution is 2.24. The predicted molar refractivity (Wildman–Crippen MR) is 59.3 cm³/mol. The summed E-state index contributed by atoms with van der Waals surface area (Å²) in [5.41, 5.74) is 5.61. The highest BCUT2D eigenvalue weighted by atomic mass is 19.1. The van der Waals surface area contributed by atoms with Crippen molar-refractivity contribution in [3.8, 4) is 5.75 Å². The van der Waals surface area contributed by atoms with Gasteiger partial charge in [-0.25, -0.2) is 4.39 Å². The fourth-order valence-electron chi connectivity index (χ4n) is 1.26.